The van der Waals surface area contributed by atoms with E-state index in [1.54, 1.807) is 7.05 Å². The lowest BCUT2D eigenvalue weighted by molar-refractivity contribution is 0.0942. The fraction of sp³-hybridized carbons (Fsp3) is 0.176. The van der Waals surface area contributed by atoms with Gasteiger partial charge in [0.1, 0.15) is 5.82 Å². The summed E-state index contributed by atoms with van der Waals surface area (Å²) in [6.07, 6.45) is 0. The quantitative estimate of drug-likeness (QED) is 0.475. The van der Waals surface area contributed by atoms with E-state index in [9.17, 15) is 24.2 Å². The number of hydrogen-bond acceptors (Lipinski definition) is 5. The molecule has 0 saturated carbocycles. The van der Waals surface area contributed by atoms with E-state index >= 15 is 0 Å². The second kappa shape index (κ2) is 7.56. The van der Waals surface area contributed by atoms with E-state index in [1.165, 1.54) is 30.3 Å². The van der Waals surface area contributed by atoms with Crippen molar-refractivity contribution in [2.24, 2.45) is 0 Å². The molecule has 0 unspecified atom stereocenters. The van der Waals surface area contributed by atoms with Gasteiger partial charge < -0.3 is 20.8 Å². The Labute approximate surface area is 137 Å². The Hall–Kier alpha value is -2.93. The molecule has 0 saturated heterocycles. The number of nitrogens with one attached hydrogen (secondary N) is 2. The molecule has 0 aromatic heterocycles. The fourth-order valence-electron chi connectivity index (χ4n) is 2.20. The van der Waals surface area contributed by atoms with Crippen LogP contribution in [0.4, 0.5) is 4.39 Å². The van der Waals surface area contributed by atoms with Gasteiger partial charge in [-0.05, 0) is 36.9 Å². The van der Waals surface area contributed by atoms with Gasteiger partial charge in [-0.1, -0.05) is 12.1 Å². The van der Waals surface area contributed by atoms with Gasteiger partial charge in [0.15, 0.2) is 17.3 Å². The minimum Gasteiger partial charge on any atom is -0.504 e. The van der Waals surface area contributed by atoms with Gasteiger partial charge in [-0.25, -0.2) is 4.39 Å². The summed E-state index contributed by atoms with van der Waals surface area (Å²) in [5.41, 5.74) is 0.523. The van der Waals surface area contributed by atoms with Crippen molar-refractivity contribution < 1.29 is 24.2 Å². The second-order valence-corrected chi connectivity index (χ2v) is 5.11. The smallest absolute Gasteiger partial charge is 0.255 e. The molecular weight excluding hydrogens is 315 g/mol. The highest BCUT2D eigenvalue weighted by Crippen LogP contribution is 2.28. The number of carbonyl (C=O) groups excluding carboxylic acids is 2. The lowest BCUT2D eigenvalue weighted by atomic mass is 10.0. The SMILES string of the molecule is CNCC(=O)c1cc(F)ccc1CNC(=O)c1cccc(O)c1O. The van der Waals surface area contributed by atoms with E-state index in [-0.39, 0.29) is 30.0 Å². The van der Waals surface area contributed by atoms with Crippen LogP contribution in [-0.4, -0.2) is 35.5 Å². The Bertz CT molecular complexity index is 777. The van der Waals surface area contributed by atoms with Gasteiger partial charge in [0, 0.05) is 12.1 Å². The molecule has 0 bridgehead atoms. The molecule has 0 spiro atoms. The highest BCUT2D eigenvalue weighted by Gasteiger charge is 2.16. The number of aromatic hydroxyl groups is 2. The second-order valence-electron chi connectivity index (χ2n) is 5.11. The lowest BCUT2D eigenvalue weighted by Crippen LogP contribution is -2.25. The minimum absolute atomic E-state index is 0.0288. The first kappa shape index (κ1) is 17.4. The van der Waals surface area contributed by atoms with Crippen molar-refractivity contribution in [1.82, 2.24) is 10.6 Å². The maximum Gasteiger partial charge on any atom is 0.255 e. The van der Waals surface area contributed by atoms with Crippen molar-refractivity contribution in [2.75, 3.05) is 13.6 Å². The molecule has 2 rings (SSSR count). The number of ketones is 1. The largest absolute Gasteiger partial charge is 0.504 e. The number of halogens is 1. The van der Waals surface area contributed by atoms with E-state index in [2.05, 4.69) is 10.6 Å². The maximum absolute atomic E-state index is 13.4. The van der Waals surface area contributed by atoms with Crippen LogP contribution in [0.15, 0.2) is 36.4 Å². The van der Waals surface area contributed by atoms with Crippen LogP contribution < -0.4 is 10.6 Å². The normalized spacial score (nSPS) is 10.4. The summed E-state index contributed by atoms with van der Waals surface area (Å²) in [4.78, 5) is 24.1. The van der Waals surface area contributed by atoms with Gasteiger partial charge in [0.25, 0.3) is 5.91 Å². The summed E-state index contributed by atoms with van der Waals surface area (Å²) in [5.74, 6) is -2.41. The van der Waals surface area contributed by atoms with Gasteiger partial charge >= 0.3 is 0 Å². The zero-order valence-corrected chi connectivity index (χ0v) is 13.0. The molecule has 2 aromatic carbocycles. The zero-order chi connectivity index (χ0) is 17.7. The molecule has 0 atom stereocenters. The summed E-state index contributed by atoms with van der Waals surface area (Å²) in [6, 6.07) is 7.75. The molecule has 2 aromatic rings. The molecular formula is C17H17FN2O4. The summed E-state index contributed by atoms with van der Waals surface area (Å²) >= 11 is 0. The Kier molecular flexibility index (Phi) is 5.49. The highest BCUT2D eigenvalue weighted by molar-refractivity contribution is 6.00. The molecule has 0 aliphatic heterocycles. The summed E-state index contributed by atoms with van der Waals surface area (Å²) < 4.78 is 13.4. The molecule has 0 heterocycles. The van der Waals surface area contributed by atoms with E-state index in [0.29, 0.717) is 5.56 Å². The first-order chi connectivity index (χ1) is 11.4. The number of rotatable bonds is 6. The van der Waals surface area contributed by atoms with E-state index in [1.807, 2.05) is 0 Å². The number of Topliss-reactive ketones (excluding diaryl/α,β-unsaturated/α-hetero) is 1. The topological polar surface area (TPSA) is 98.7 Å². The molecule has 6 nitrogen and oxygen atoms in total. The Balaban J connectivity index is 2.18. The van der Waals surface area contributed by atoms with Crippen molar-refractivity contribution in [1.29, 1.82) is 0 Å². The third kappa shape index (κ3) is 3.88. The van der Waals surface area contributed by atoms with Crippen molar-refractivity contribution in [3.8, 4) is 11.5 Å². The molecule has 1 amide bonds. The van der Waals surface area contributed by atoms with Crippen molar-refractivity contribution in [3.05, 3.63) is 58.9 Å². The molecule has 24 heavy (non-hydrogen) atoms. The van der Waals surface area contributed by atoms with Crippen molar-refractivity contribution in [3.63, 3.8) is 0 Å². The Morgan fingerprint density at radius 1 is 1.12 bits per heavy atom. The molecule has 0 fully saturated rings. The third-order valence-corrected chi connectivity index (χ3v) is 3.41. The number of benzene rings is 2. The van der Waals surface area contributed by atoms with Gasteiger partial charge in [-0.15, -0.1) is 0 Å². The average molecular weight is 332 g/mol. The summed E-state index contributed by atoms with van der Waals surface area (Å²) in [7, 11) is 1.60. The van der Waals surface area contributed by atoms with Crippen LogP contribution in [0.1, 0.15) is 26.3 Å². The summed E-state index contributed by atoms with van der Waals surface area (Å²) in [5, 5.41) is 24.3. The Morgan fingerprint density at radius 3 is 2.58 bits per heavy atom. The molecule has 4 N–H and O–H groups in total. The third-order valence-electron chi connectivity index (χ3n) is 3.41. The lowest BCUT2D eigenvalue weighted by Gasteiger charge is -2.11. The zero-order valence-electron chi connectivity index (χ0n) is 13.0. The van der Waals surface area contributed by atoms with Crippen LogP contribution in [0.2, 0.25) is 0 Å². The van der Waals surface area contributed by atoms with Gasteiger partial charge in [0.2, 0.25) is 0 Å². The number of phenols is 2. The van der Waals surface area contributed by atoms with Gasteiger partial charge in [0.05, 0.1) is 12.1 Å². The monoisotopic (exact) mass is 332 g/mol. The van der Waals surface area contributed by atoms with Gasteiger partial charge in [-0.2, -0.15) is 0 Å². The van der Waals surface area contributed by atoms with Crippen LogP contribution in [0.3, 0.4) is 0 Å². The van der Waals surface area contributed by atoms with Crippen LogP contribution in [-0.2, 0) is 6.54 Å². The highest BCUT2D eigenvalue weighted by atomic mass is 19.1. The minimum atomic E-state index is -0.625. The van der Waals surface area contributed by atoms with Crippen LogP contribution in [0.25, 0.3) is 0 Å². The van der Waals surface area contributed by atoms with Crippen LogP contribution >= 0.6 is 0 Å². The molecule has 0 aliphatic carbocycles. The van der Waals surface area contributed by atoms with Crippen LogP contribution in [0.5, 0.6) is 11.5 Å². The number of carbonyl (C=O) groups is 2. The van der Waals surface area contributed by atoms with Crippen molar-refractivity contribution >= 4 is 11.7 Å². The molecule has 7 heteroatoms. The molecule has 0 radical (unpaired) electrons. The van der Waals surface area contributed by atoms with Crippen LogP contribution in [0, 0.1) is 5.82 Å². The fourth-order valence-corrected chi connectivity index (χ4v) is 2.20. The predicted octanol–water partition coefficient (Wildman–Crippen LogP) is 1.57. The van der Waals surface area contributed by atoms with Crippen molar-refractivity contribution in [2.45, 2.75) is 6.54 Å². The number of likely N-dealkylation sites (N-methyl/N-ethyl adjacent to an activating group) is 1. The number of amides is 1. The Morgan fingerprint density at radius 2 is 1.88 bits per heavy atom. The van der Waals surface area contributed by atoms with Gasteiger partial charge in [-0.3, -0.25) is 9.59 Å². The number of hydrogen-bond donors (Lipinski definition) is 4. The molecule has 126 valence electrons. The van der Waals surface area contributed by atoms with E-state index in [4.69, 9.17) is 0 Å². The predicted molar refractivity (Wildman–Crippen MR) is 85.6 cm³/mol. The van der Waals surface area contributed by atoms with E-state index < -0.39 is 23.2 Å². The number of para-hydroxylation sites is 1. The molecule has 0 aliphatic rings. The summed E-state index contributed by atoms with van der Waals surface area (Å²) in [6.45, 7) is 0.0107. The number of phenolic OH excluding ortho intramolecular Hbond substituents is 2. The maximum atomic E-state index is 13.4. The first-order valence-electron chi connectivity index (χ1n) is 7.19. The average Bonchev–Trinajstić information content (AvgIpc) is 2.56. The first-order valence-corrected chi connectivity index (χ1v) is 7.19. The standard InChI is InChI=1S/C17H17FN2O4/c1-19-9-15(22)13-7-11(18)6-5-10(13)8-20-17(24)12-3-2-4-14(21)16(12)23/h2-7,19,21,23H,8-9H2,1H3,(H,20,24). The van der Waals surface area contributed by atoms with E-state index in [0.717, 1.165) is 6.07 Å².